The molecule has 0 aliphatic carbocycles. The molecule has 100 valence electrons. The Hall–Kier alpha value is -1.43. The van der Waals surface area contributed by atoms with Gasteiger partial charge in [0.2, 0.25) is 0 Å². The molecular weight excluding hydrogens is 232 g/mol. The van der Waals surface area contributed by atoms with Gasteiger partial charge < -0.3 is 20.5 Å². The van der Waals surface area contributed by atoms with Crippen LogP contribution >= 0.6 is 0 Å². The highest BCUT2D eigenvalue weighted by Crippen LogP contribution is 2.16. The molecule has 0 saturated heterocycles. The predicted octanol–water partition coefficient (Wildman–Crippen LogP) is 0.464. The number of amides is 1. The van der Waals surface area contributed by atoms with Crippen LogP contribution in [-0.4, -0.2) is 39.3 Å². The van der Waals surface area contributed by atoms with Crippen LogP contribution < -0.4 is 11.1 Å². The molecule has 0 radical (unpaired) electrons. The van der Waals surface area contributed by atoms with Crippen molar-refractivity contribution in [3.63, 3.8) is 0 Å². The van der Waals surface area contributed by atoms with E-state index >= 15 is 0 Å². The topological polar surface area (TPSA) is 73.6 Å². The monoisotopic (exact) mass is 252 g/mol. The van der Waals surface area contributed by atoms with Gasteiger partial charge in [0.25, 0.3) is 5.91 Å². The van der Waals surface area contributed by atoms with E-state index in [9.17, 15) is 4.79 Å². The molecule has 0 saturated carbocycles. The van der Waals surface area contributed by atoms with Crippen LogP contribution in [0.25, 0.3) is 0 Å². The summed E-state index contributed by atoms with van der Waals surface area (Å²) in [5, 5.41) is 2.80. The Bertz CT molecular complexity index is 357. The van der Waals surface area contributed by atoms with Crippen LogP contribution in [0.15, 0.2) is 30.3 Å². The van der Waals surface area contributed by atoms with Crippen LogP contribution in [0.3, 0.4) is 0 Å². The Balaban J connectivity index is 2.68. The number of nitrogens with one attached hydrogen (secondary N) is 1. The minimum Gasteiger partial charge on any atom is -0.383 e. The molecule has 0 aliphatic rings. The van der Waals surface area contributed by atoms with E-state index in [1.807, 2.05) is 30.3 Å². The summed E-state index contributed by atoms with van der Waals surface area (Å²) in [6, 6.07) is 9.11. The second-order valence-electron chi connectivity index (χ2n) is 3.92. The fraction of sp³-hybridized carbons (Fsp3) is 0.462. The first-order valence-corrected chi connectivity index (χ1v) is 5.80. The lowest BCUT2D eigenvalue weighted by molar-refractivity contribution is -0.132. The highest BCUT2D eigenvalue weighted by atomic mass is 16.5. The average Bonchev–Trinajstić information content (AvgIpc) is 2.40. The summed E-state index contributed by atoms with van der Waals surface area (Å²) in [4.78, 5) is 12.1. The summed E-state index contributed by atoms with van der Waals surface area (Å²) in [5.74, 6) is -0.212. The van der Waals surface area contributed by atoms with Gasteiger partial charge in [-0.3, -0.25) is 4.79 Å². The summed E-state index contributed by atoms with van der Waals surface area (Å²) in [7, 11) is 3.07. The zero-order valence-electron chi connectivity index (χ0n) is 10.8. The molecule has 3 N–H and O–H groups in total. The SMILES string of the molecule is COCC(CN)NC(=O)C(OC)c1ccccc1. The van der Waals surface area contributed by atoms with E-state index in [2.05, 4.69) is 5.32 Å². The number of hydrogen-bond donors (Lipinski definition) is 2. The van der Waals surface area contributed by atoms with Crippen LogP contribution in [0.1, 0.15) is 11.7 Å². The predicted molar refractivity (Wildman–Crippen MR) is 69.1 cm³/mol. The van der Waals surface area contributed by atoms with E-state index in [1.54, 1.807) is 7.11 Å². The Morgan fingerprint density at radius 1 is 1.33 bits per heavy atom. The van der Waals surface area contributed by atoms with Crippen LogP contribution in [0.5, 0.6) is 0 Å². The van der Waals surface area contributed by atoms with Gasteiger partial charge >= 0.3 is 0 Å². The standard InChI is InChI=1S/C13H20N2O3/c1-17-9-11(8-14)15-13(16)12(18-2)10-6-4-3-5-7-10/h3-7,11-12H,8-9,14H2,1-2H3,(H,15,16). The Labute approximate surface area is 107 Å². The van der Waals surface area contributed by atoms with Gasteiger partial charge in [-0.05, 0) is 5.56 Å². The lowest BCUT2D eigenvalue weighted by Gasteiger charge is -2.20. The lowest BCUT2D eigenvalue weighted by Crippen LogP contribution is -2.45. The maximum absolute atomic E-state index is 12.1. The van der Waals surface area contributed by atoms with Crippen molar-refractivity contribution < 1.29 is 14.3 Å². The number of benzene rings is 1. The van der Waals surface area contributed by atoms with E-state index in [-0.39, 0.29) is 11.9 Å². The van der Waals surface area contributed by atoms with Crippen molar-refractivity contribution in [2.75, 3.05) is 27.4 Å². The maximum atomic E-state index is 12.1. The molecule has 0 bridgehead atoms. The molecule has 18 heavy (non-hydrogen) atoms. The number of rotatable bonds is 7. The number of carbonyl (C=O) groups excluding carboxylic acids is 1. The summed E-state index contributed by atoms with van der Waals surface area (Å²) < 4.78 is 10.2. The van der Waals surface area contributed by atoms with Crippen LogP contribution in [0, 0.1) is 0 Å². The van der Waals surface area contributed by atoms with Crippen LogP contribution in [0.4, 0.5) is 0 Å². The van der Waals surface area contributed by atoms with Crippen LogP contribution in [-0.2, 0) is 14.3 Å². The molecule has 1 amide bonds. The molecule has 0 heterocycles. The maximum Gasteiger partial charge on any atom is 0.254 e. The molecule has 5 nitrogen and oxygen atoms in total. The van der Waals surface area contributed by atoms with Crippen molar-refractivity contribution in [2.24, 2.45) is 5.73 Å². The van der Waals surface area contributed by atoms with Gasteiger partial charge in [-0.15, -0.1) is 0 Å². The van der Waals surface area contributed by atoms with E-state index in [0.29, 0.717) is 13.2 Å². The largest absolute Gasteiger partial charge is 0.383 e. The molecule has 0 spiro atoms. The van der Waals surface area contributed by atoms with E-state index in [4.69, 9.17) is 15.2 Å². The van der Waals surface area contributed by atoms with Gasteiger partial charge in [-0.1, -0.05) is 30.3 Å². The molecule has 5 heteroatoms. The zero-order valence-corrected chi connectivity index (χ0v) is 10.8. The van der Waals surface area contributed by atoms with Gasteiger partial charge in [0.1, 0.15) is 0 Å². The van der Waals surface area contributed by atoms with Gasteiger partial charge in [0, 0.05) is 20.8 Å². The second kappa shape index (κ2) is 7.81. The summed E-state index contributed by atoms with van der Waals surface area (Å²) in [5.41, 5.74) is 6.36. The second-order valence-corrected chi connectivity index (χ2v) is 3.92. The highest BCUT2D eigenvalue weighted by Gasteiger charge is 2.22. The van der Waals surface area contributed by atoms with E-state index < -0.39 is 6.10 Å². The van der Waals surface area contributed by atoms with Gasteiger partial charge in [0.15, 0.2) is 6.10 Å². The molecule has 1 rings (SSSR count). The first-order chi connectivity index (χ1) is 8.72. The first kappa shape index (κ1) is 14.6. The number of ether oxygens (including phenoxy) is 2. The minimum atomic E-state index is -0.628. The number of nitrogens with two attached hydrogens (primary N) is 1. The number of hydrogen-bond acceptors (Lipinski definition) is 4. The molecule has 0 aromatic heterocycles. The normalized spacial score (nSPS) is 13.9. The van der Waals surface area contributed by atoms with Crippen molar-refractivity contribution in [3.05, 3.63) is 35.9 Å². The number of carbonyl (C=O) groups is 1. The van der Waals surface area contributed by atoms with E-state index in [0.717, 1.165) is 5.56 Å². The van der Waals surface area contributed by atoms with Crippen molar-refractivity contribution in [1.82, 2.24) is 5.32 Å². The fourth-order valence-corrected chi connectivity index (χ4v) is 1.67. The van der Waals surface area contributed by atoms with Crippen molar-refractivity contribution in [1.29, 1.82) is 0 Å². The third-order valence-electron chi connectivity index (χ3n) is 2.57. The Morgan fingerprint density at radius 2 is 2.00 bits per heavy atom. The first-order valence-electron chi connectivity index (χ1n) is 5.80. The summed E-state index contributed by atoms with van der Waals surface area (Å²) in [6.45, 7) is 0.707. The zero-order chi connectivity index (χ0) is 13.4. The third-order valence-corrected chi connectivity index (χ3v) is 2.57. The Morgan fingerprint density at radius 3 is 2.50 bits per heavy atom. The average molecular weight is 252 g/mol. The van der Waals surface area contributed by atoms with Gasteiger partial charge in [0.05, 0.1) is 12.6 Å². The molecule has 1 aromatic rings. The smallest absolute Gasteiger partial charge is 0.254 e. The van der Waals surface area contributed by atoms with Crippen molar-refractivity contribution >= 4 is 5.91 Å². The molecule has 0 fully saturated rings. The minimum absolute atomic E-state index is 0.205. The molecular formula is C13H20N2O3. The summed E-state index contributed by atoms with van der Waals surface area (Å²) in [6.07, 6.45) is -0.628. The summed E-state index contributed by atoms with van der Waals surface area (Å²) >= 11 is 0. The lowest BCUT2D eigenvalue weighted by atomic mass is 10.1. The van der Waals surface area contributed by atoms with Crippen molar-refractivity contribution in [3.8, 4) is 0 Å². The van der Waals surface area contributed by atoms with Gasteiger partial charge in [-0.25, -0.2) is 0 Å². The molecule has 2 unspecified atom stereocenters. The number of methoxy groups -OCH3 is 2. The molecule has 1 aromatic carbocycles. The fourth-order valence-electron chi connectivity index (χ4n) is 1.67. The quantitative estimate of drug-likeness (QED) is 0.739. The third kappa shape index (κ3) is 4.10. The van der Waals surface area contributed by atoms with Gasteiger partial charge in [-0.2, -0.15) is 0 Å². The molecule has 0 aliphatic heterocycles. The van der Waals surface area contributed by atoms with Crippen LogP contribution in [0.2, 0.25) is 0 Å². The van der Waals surface area contributed by atoms with E-state index in [1.165, 1.54) is 7.11 Å². The molecule has 2 atom stereocenters. The Kier molecular flexibility index (Phi) is 6.35. The highest BCUT2D eigenvalue weighted by molar-refractivity contribution is 5.82. The van der Waals surface area contributed by atoms with Crippen molar-refractivity contribution in [2.45, 2.75) is 12.1 Å².